The first kappa shape index (κ1) is 18.3. The van der Waals surface area contributed by atoms with Crippen molar-refractivity contribution in [2.45, 2.75) is 25.3 Å². The van der Waals surface area contributed by atoms with Gasteiger partial charge in [-0.15, -0.1) is 0 Å². The molecule has 1 aromatic heterocycles. The van der Waals surface area contributed by atoms with Gasteiger partial charge >= 0.3 is 5.97 Å². The standard InChI is InChI=1S/C20H19N3O4/c21-19(25)18-15(20(26)27)7-5-13-4-6-14(10-16(13)18)23-17(24)8-3-12-2-1-9-22-11-12/h1-3,5,7-9,11,14H,4,6,10H2,(H2,21,25)(H,23,24)(H,26,27). The number of carbonyl (C=O) groups excluding carboxylic acids is 2. The number of benzene rings is 1. The summed E-state index contributed by atoms with van der Waals surface area (Å²) in [5, 5.41) is 12.2. The van der Waals surface area contributed by atoms with Crippen molar-refractivity contribution in [3.63, 3.8) is 0 Å². The van der Waals surface area contributed by atoms with E-state index in [1.807, 2.05) is 6.07 Å². The number of nitrogens with two attached hydrogens (primary N) is 1. The van der Waals surface area contributed by atoms with Crippen LogP contribution < -0.4 is 11.1 Å². The Balaban J connectivity index is 1.76. The molecular weight excluding hydrogens is 346 g/mol. The first-order valence-electron chi connectivity index (χ1n) is 8.52. The highest BCUT2D eigenvalue weighted by Gasteiger charge is 2.27. The second kappa shape index (κ2) is 7.82. The van der Waals surface area contributed by atoms with Crippen molar-refractivity contribution < 1.29 is 19.5 Å². The second-order valence-corrected chi connectivity index (χ2v) is 6.36. The maximum atomic E-state index is 12.2. The molecule has 1 atom stereocenters. The maximum Gasteiger partial charge on any atom is 0.336 e. The van der Waals surface area contributed by atoms with E-state index in [2.05, 4.69) is 10.3 Å². The summed E-state index contributed by atoms with van der Waals surface area (Å²) < 4.78 is 0. The van der Waals surface area contributed by atoms with Crippen LogP contribution in [-0.2, 0) is 17.6 Å². The van der Waals surface area contributed by atoms with Crippen molar-refractivity contribution in [1.29, 1.82) is 0 Å². The van der Waals surface area contributed by atoms with Gasteiger partial charge in [-0.3, -0.25) is 14.6 Å². The number of aromatic carboxylic acids is 1. The van der Waals surface area contributed by atoms with Gasteiger partial charge in [0.15, 0.2) is 0 Å². The lowest BCUT2D eigenvalue weighted by Gasteiger charge is -2.27. The Labute approximate surface area is 155 Å². The van der Waals surface area contributed by atoms with Crippen LogP contribution in [0, 0.1) is 0 Å². The number of carboxylic acid groups (broad SMARTS) is 1. The molecular formula is C20H19N3O4. The lowest BCUT2D eigenvalue weighted by atomic mass is 9.83. The number of aryl methyl sites for hydroxylation is 1. The average molecular weight is 365 g/mol. The van der Waals surface area contributed by atoms with E-state index in [9.17, 15) is 19.5 Å². The van der Waals surface area contributed by atoms with Crippen LogP contribution >= 0.6 is 0 Å². The number of pyridine rings is 1. The van der Waals surface area contributed by atoms with Gasteiger partial charge in [0.25, 0.3) is 0 Å². The van der Waals surface area contributed by atoms with Gasteiger partial charge in [0.05, 0.1) is 11.1 Å². The Morgan fingerprint density at radius 2 is 2.07 bits per heavy atom. The maximum absolute atomic E-state index is 12.2. The van der Waals surface area contributed by atoms with Gasteiger partial charge in [0.1, 0.15) is 0 Å². The number of fused-ring (bicyclic) bond motifs is 1. The van der Waals surface area contributed by atoms with Crippen LogP contribution in [0.3, 0.4) is 0 Å². The Hall–Kier alpha value is -3.48. The lowest BCUT2D eigenvalue weighted by molar-refractivity contribution is -0.117. The van der Waals surface area contributed by atoms with Gasteiger partial charge < -0.3 is 16.2 Å². The molecule has 4 N–H and O–H groups in total. The smallest absolute Gasteiger partial charge is 0.336 e. The summed E-state index contributed by atoms with van der Waals surface area (Å²) in [6.07, 6.45) is 8.08. The van der Waals surface area contributed by atoms with Crippen LogP contribution in [0.15, 0.2) is 42.7 Å². The summed E-state index contributed by atoms with van der Waals surface area (Å²) in [4.78, 5) is 39.4. The predicted octanol–water partition coefficient (Wildman–Crippen LogP) is 1.57. The van der Waals surface area contributed by atoms with Gasteiger partial charge in [0, 0.05) is 24.5 Å². The van der Waals surface area contributed by atoms with Crippen molar-refractivity contribution in [2.24, 2.45) is 5.73 Å². The van der Waals surface area contributed by atoms with E-state index in [4.69, 9.17) is 5.73 Å². The minimum absolute atomic E-state index is 0.0323. The number of rotatable bonds is 5. The first-order valence-corrected chi connectivity index (χ1v) is 8.52. The summed E-state index contributed by atoms with van der Waals surface area (Å²) in [6, 6.07) is 6.54. The highest BCUT2D eigenvalue weighted by atomic mass is 16.4. The zero-order chi connectivity index (χ0) is 19.4. The fourth-order valence-corrected chi connectivity index (χ4v) is 3.32. The van der Waals surface area contributed by atoms with Crippen molar-refractivity contribution in [2.75, 3.05) is 0 Å². The molecule has 27 heavy (non-hydrogen) atoms. The summed E-state index contributed by atoms with van der Waals surface area (Å²) in [5.41, 5.74) is 7.66. The lowest BCUT2D eigenvalue weighted by Crippen LogP contribution is -2.39. The molecule has 0 spiro atoms. The molecule has 1 unspecified atom stereocenters. The van der Waals surface area contributed by atoms with Crippen LogP contribution in [-0.4, -0.2) is 33.9 Å². The molecule has 0 aliphatic heterocycles. The quantitative estimate of drug-likeness (QED) is 0.694. The molecule has 3 rings (SSSR count). The van der Waals surface area contributed by atoms with Crippen LogP contribution in [0.2, 0.25) is 0 Å². The molecule has 1 aliphatic rings. The number of carboxylic acids is 1. The van der Waals surface area contributed by atoms with E-state index in [1.54, 1.807) is 30.6 Å². The number of aromatic nitrogens is 1. The molecule has 0 bridgehead atoms. The highest BCUT2D eigenvalue weighted by Crippen LogP contribution is 2.27. The van der Waals surface area contributed by atoms with E-state index in [1.165, 1.54) is 12.1 Å². The fraction of sp³-hybridized carbons (Fsp3) is 0.200. The molecule has 2 aromatic rings. The predicted molar refractivity (Wildman–Crippen MR) is 99.1 cm³/mol. The van der Waals surface area contributed by atoms with Crippen molar-refractivity contribution in [3.8, 4) is 0 Å². The van der Waals surface area contributed by atoms with E-state index >= 15 is 0 Å². The molecule has 1 aromatic carbocycles. The van der Waals surface area contributed by atoms with Gasteiger partial charge in [-0.1, -0.05) is 12.1 Å². The molecule has 2 amide bonds. The Kier molecular flexibility index (Phi) is 5.30. The monoisotopic (exact) mass is 365 g/mol. The number of amides is 2. The summed E-state index contributed by atoms with van der Waals surface area (Å²) in [5.74, 6) is -2.23. The van der Waals surface area contributed by atoms with Crippen molar-refractivity contribution in [1.82, 2.24) is 10.3 Å². The average Bonchev–Trinajstić information content (AvgIpc) is 2.66. The van der Waals surface area contributed by atoms with E-state index in [0.29, 0.717) is 24.8 Å². The highest BCUT2D eigenvalue weighted by molar-refractivity contribution is 6.05. The molecule has 1 aliphatic carbocycles. The van der Waals surface area contributed by atoms with Gasteiger partial charge in [-0.05, 0) is 54.2 Å². The second-order valence-electron chi connectivity index (χ2n) is 6.36. The first-order chi connectivity index (χ1) is 13.0. The Morgan fingerprint density at radius 3 is 2.74 bits per heavy atom. The topological polar surface area (TPSA) is 122 Å². The SMILES string of the molecule is NC(=O)c1c(C(=O)O)ccc2c1CC(NC(=O)C=Cc1cccnc1)CC2. The number of nitrogens with zero attached hydrogens (tertiary/aromatic N) is 1. The summed E-state index contributed by atoms with van der Waals surface area (Å²) in [6.45, 7) is 0. The largest absolute Gasteiger partial charge is 0.478 e. The van der Waals surface area contributed by atoms with Crippen LogP contribution in [0.25, 0.3) is 6.08 Å². The third-order valence-electron chi connectivity index (χ3n) is 4.56. The van der Waals surface area contributed by atoms with Gasteiger partial charge in [0.2, 0.25) is 11.8 Å². The molecule has 7 heteroatoms. The third kappa shape index (κ3) is 4.20. The minimum atomic E-state index is -1.20. The van der Waals surface area contributed by atoms with Gasteiger partial charge in [-0.2, -0.15) is 0 Å². The number of primary amides is 1. The molecule has 0 radical (unpaired) electrons. The van der Waals surface area contributed by atoms with Gasteiger partial charge in [-0.25, -0.2) is 4.79 Å². The molecule has 1 heterocycles. The molecule has 0 fully saturated rings. The zero-order valence-electron chi connectivity index (χ0n) is 14.5. The van der Waals surface area contributed by atoms with Crippen molar-refractivity contribution in [3.05, 3.63) is 70.6 Å². The summed E-state index contributed by atoms with van der Waals surface area (Å²) in [7, 11) is 0. The minimum Gasteiger partial charge on any atom is -0.478 e. The Morgan fingerprint density at radius 1 is 1.26 bits per heavy atom. The van der Waals surface area contributed by atoms with Crippen molar-refractivity contribution >= 4 is 23.9 Å². The van der Waals surface area contributed by atoms with E-state index in [-0.39, 0.29) is 23.1 Å². The molecule has 0 saturated carbocycles. The molecule has 7 nitrogen and oxygen atoms in total. The number of nitrogens with one attached hydrogen (secondary N) is 1. The number of hydrogen-bond acceptors (Lipinski definition) is 4. The van der Waals surface area contributed by atoms with E-state index in [0.717, 1.165) is 11.1 Å². The number of hydrogen-bond donors (Lipinski definition) is 3. The van der Waals surface area contributed by atoms with Crippen LogP contribution in [0.4, 0.5) is 0 Å². The Bertz CT molecular complexity index is 922. The van der Waals surface area contributed by atoms with E-state index < -0.39 is 11.9 Å². The molecule has 138 valence electrons. The van der Waals surface area contributed by atoms with Crippen LogP contribution in [0.1, 0.15) is 43.8 Å². The molecule has 0 saturated heterocycles. The number of carbonyl (C=O) groups is 3. The fourth-order valence-electron chi connectivity index (χ4n) is 3.32. The van der Waals surface area contributed by atoms with Crippen LogP contribution in [0.5, 0.6) is 0 Å². The third-order valence-corrected chi connectivity index (χ3v) is 4.56. The normalized spacial score (nSPS) is 15.9. The zero-order valence-corrected chi connectivity index (χ0v) is 14.5. The summed E-state index contributed by atoms with van der Waals surface area (Å²) >= 11 is 0.